The van der Waals surface area contributed by atoms with E-state index in [9.17, 15) is 4.79 Å². The van der Waals surface area contributed by atoms with Gasteiger partial charge in [0.1, 0.15) is 5.69 Å². The van der Waals surface area contributed by atoms with Gasteiger partial charge < -0.3 is 10.1 Å². The Hall–Kier alpha value is -3.08. The van der Waals surface area contributed by atoms with Crippen LogP contribution in [0.3, 0.4) is 0 Å². The summed E-state index contributed by atoms with van der Waals surface area (Å²) in [5.74, 6) is -0.926. The zero-order chi connectivity index (χ0) is 14.4. The summed E-state index contributed by atoms with van der Waals surface area (Å²) in [7, 11) is 0. The van der Waals surface area contributed by atoms with Gasteiger partial charge in [0.25, 0.3) is 0 Å². The van der Waals surface area contributed by atoms with E-state index < -0.39 is 5.97 Å². The van der Waals surface area contributed by atoms with Crippen LogP contribution in [0.1, 0.15) is 10.4 Å². The molecule has 0 saturated carbocycles. The number of H-pyrrole nitrogens is 2. The highest BCUT2D eigenvalue weighted by Gasteiger charge is 2.11. The molecule has 0 saturated heterocycles. The van der Waals surface area contributed by atoms with Crippen molar-refractivity contribution in [3.8, 4) is 11.4 Å². The average Bonchev–Trinajstić information content (AvgIpc) is 3.09. The number of rotatable bonds is 2. The number of para-hydroxylation sites is 1. The normalized spacial score (nSPS) is 11.2. The van der Waals surface area contributed by atoms with Crippen LogP contribution in [0.2, 0.25) is 0 Å². The van der Waals surface area contributed by atoms with Gasteiger partial charge in [-0.25, -0.2) is 4.79 Å². The first-order valence-corrected chi connectivity index (χ1v) is 6.52. The molecule has 3 N–H and O–H groups in total. The number of hydrogen-bond donors (Lipinski definition) is 3. The Kier molecular flexibility index (Phi) is 2.35. The number of carboxylic acids is 1. The molecule has 2 aromatic heterocycles. The fraction of sp³-hybridized carbons (Fsp3) is 0. The zero-order valence-corrected chi connectivity index (χ0v) is 10.9. The number of aromatic amines is 2. The highest BCUT2D eigenvalue weighted by atomic mass is 16.4. The molecular formula is C16H11N3O2. The number of nitrogens with one attached hydrogen (secondary N) is 2. The van der Waals surface area contributed by atoms with E-state index in [4.69, 9.17) is 5.11 Å². The van der Waals surface area contributed by atoms with E-state index >= 15 is 0 Å². The third kappa shape index (κ3) is 1.79. The predicted octanol–water partition coefficient (Wildman–Crippen LogP) is 3.41. The molecule has 0 aliphatic heterocycles. The van der Waals surface area contributed by atoms with Gasteiger partial charge >= 0.3 is 5.97 Å². The minimum atomic E-state index is -0.926. The number of aromatic nitrogens is 3. The Balaban J connectivity index is 1.92. The first-order chi connectivity index (χ1) is 10.2. The third-order valence-electron chi connectivity index (χ3n) is 3.59. The van der Waals surface area contributed by atoms with Crippen LogP contribution in [-0.4, -0.2) is 26.3 Å². The monoisotopic (exact) mass is 277 g/mol. The smallest absolute Gasteiger partial charge is 0.335 e. The van der Waals surface area contributed by atoms with Crippen LogP contribution >= 0.6 is 0 Å². The van der Waals surface area contributed by atoms with E-state index in [0.29, 0.717) is 0 Å². The average molecular weight is 277 g/mol. The van der Waals surface area contributed by atoms with Crippen molar-refractivity contribution in [2.45, 2.75) is 0 Å². The number of aromatic carboxylic acids is 1. The van der Waals surface area contributed by atoms with Gasteiger partial charge in [0, 0.05) is 16.3 Å². The Morgan fingerprint density at radius 2 is 1.90 bits per heavy atom. The first kappa shape index (κ1) is 11.7. The zero-order valence-electron chi connectivity index (χ0n) is 10.9. The second-order valence-electron chi connectivity index (χ2n) is 4.91. The summed E-state index contributed by atoms with van der Waals surface area (Å²) < 4.78 is 0. The molecule has 0 amide bonds. The van der Waals surface area contributed by atoms with Gasteiger partial charge in [-0.05, 0) is 30.3 Å². The molecule has 4 aromatic rings. The van der Waals surface area contributed by atoms with Crippen LogP contribution in [0.4, 0.5) is 0 Å². The standard InChI is InChI=1S/C16H11N3O2/c20-16(21)9-5-6-12-10(7-9)8-14(17-12)15-11-3-1-2-4-13(11)18-19-15/h1-8,17H,(H,18,19)(H,20,21). The minimum absolute atomic E-state index is 0.278. The van der Waals surface area contributed by atoms with Gasteiger partial charge in [0.2, 0.25) is 0 Å². The van der Waals surface area contributed by atoms with Gasteiger partial charge in [-0.1, -0.05) is 18.2 Å². The van der Waals surface area contributed by atoms with Crippen LogP contribution in [0, 0.1) is 0 Å². The topological polar surface area (TPSA) is 81.8 Å². The molecule has 0 atom stereocenters. The fourth-order valence-corrected chi connectivity index (χ4v) is 2.56. The maximum atomic E-state index is 11.0. The Labute approximate surface area is 119 Å². The van der Waals surface area contributed by atoms with Gasteiger partial charge in [0.15, 0.2) is 0 Å². The lowest BCUT2D eigenvalue weighted by Gasteiger charge is -1.93. The van der Waals surface area contributed by atoms with E-state index in [1.807, 2.05) is 30.3 Å². The molecule has 0 unspecified atom stereocenters. The van der Waals surface area contributed by atoms with Crippen molar-refractivity contribution in [2.75, 3.05) is 0 Å². The quantitative estimate of drug-likeness (QED) is 0.525. The van der Waals surface area contributed by atoms with Crippen molar-refractivity contribution in [3.63, 3.8) is 0 Å². The lowest BCUT2D eigenvalue weighted by molar-refractivity contribution is 0.0697. The van der Waals surface area contributed by atoms with E-state index in [2.05, 4.69) is 15.2 Å². The maximum absolute atomic E-state index is 11.0. The summed E-state index contributed by atoms with van der Waals surface area (Å²) in [5, 5.41) is 18.3. The Morgan fingerprint density at radius 3 is 2.76 bits per heavy atom. The van der Waals surface area contributed by atoms with E-state index in [-0.39, 0.29) is 5.56 Å². The van der Waals surface area contributed by atoms with Crippen LogP contribution in [0.5, 0.6) is 0 Å². The Morgan fingerprint density at radius 1 is 1.05 bits per heavy atom. The largest absolute Gasteiger partial charge is 0.478 e. The molecule has 0 bridgehead atoms. The lowest BCUT2D eigenvalue weighted by Crippen LogP contribution is -1.94. The molecule has 0 spiro atoms. The number of nitrogens with zero attached hydrogens (tertiary/aromatic N) is 1. The first-order valence-electron chi connectivity index (χ1n) is 6.52. The molecule has 0 fully saturated rings. The second-order valence-corrected chi connectivity index (χ2v) is 4.91. The van der Waals surface area contributed by atoms with Crippen molar-refractivity contribution >= 4 is 27.8 Å². The van der Waals surface area contributed by atoms with Crippen LogP contribution in [0.25, 0.3) is 33.2 Å². The van der Waals surface area contributed by atoms with E-state index in [1.165, 1.54) is 0 Å². The van der Waals surface area contributed by atoms with Crippen molar-refractivity contribution in [2.24, 2.45) is 0 Å². The predicted molar refractivity (Wildman–Crippen MR) is 80.3 cm³/mol. The molecule has 102 valence electrons. The summed E-state index contributed by atoms with van der Waals surface area (Å²) in [5.41, 5.74) is 3.84. The summed E-state index contributed by atoms with van der Waals surface area (Å²) in [6.07, 6.45) is 0. The minimum Gasteiger partial charge on any atom is -0.478 e. The Bertz CT molecular complexity index is 981. The second kappa shape index (κ2) is 4.21. The van der Waals surface area contributed by atoms with Crippen LogP contribution < -0.4 is 0 Å². The molecule has 0 aliphatic rings. The number of carboxylic acid groups (broad SMARTS) is 1. The fourth-order valence-electron chi connectivity index (χ4n) is 2.56. The maximum Gasteiger partial charge on any atom is 0.335 e. The number of fused-ring (bicyclic) bond motifs is 2. The number of benzene rings is 2. The van der Waals surface area contributed by atoms with Crippen molar-refractivity contribution in [3.05, 3.63) is 54.1 Å². The SMILES string of the molecule is O=C(O)c1ccc2[nH]c(-c3n[nH]c4ccccc34)cc2c1. The molecule has 21 heavy (non-hydrogen) atoms. The summed E-state index contributed by atoms with van der Waals surface area (Å²) in [4.78, 5) is 14.3. The van der Waals surface area contributed by atoms with Gasteiger partial charge in [-0.15, -0.1) is 0 Å². The molecule has 2 heterocycles. The molecule has 5 nitrogen and oxygen atoms in total. The molecule has 2 aromatic carbocycles. The summed E-state index contributed by atoms with van der Waals surface area (Å²) >= 11 is 0. The summed E-state index contributed by atoms with van der Waals surface area (Å²) in [6, 6.07) is 14.8. The van der Waals surface area contributed by atoms with E-state index in [1.54, 1.807) is 18.2 Å². The summed E-state index contributed by atoms with van der Waals surface area (Å²) in [6.45, 7) is 0. The number of hydrogen-bond acceptors (Lipinski definition) is 2. The third-order valence-corrected chi connectivity index (χ3v) is 3.59. The lowest BCUT2D eigenvalue weighted by atomic mass is 10.1. The van der Waals surface area contributed by atoms with Gasteiger partial charge in [0.05, 0.1) is 16.8 Å². The highest BCUT2D eigenvalue weighted by Crippen LogP contribution is 2.28. The molecule has 0 radical (unpaired) electrons. The van der Waals surface area contributed by atoms with Gasteiger partial charge in [-0.2, -0.15) is 5.10 Å². The van der Waals surface area contributed by atoms with Crippen LogP contribution in [-0.2, 0) is 0 Å². The number of carbonyl (C=O) groups is 1. The molecular weight excluding hydrogens is 266 g/mol. The van der Waals surface area contributed by atoms with Crippen molar-refractivity contribution in [1.82, 2.24) is 15.2 Å². The van der Waals surface area contributed by atoms with Crippen molar-refractivity contribution in [1.29, 1.82) is 0 Å². The van der Waals surface area contributed by atoms with Crippen LogP contribution in [0.15, 0.2) is 48.5 Å². The molecule has 5 heteroatoms. The van der Waals surface area contributed by atoms with E-state index in [0.717, 1.165) is 33.2 Å². The highest BCUT2D eigenvalue weighted by molar-refractivity contribution is 5.98. The van der Waals surface area contributed by atoms with Crippen molar-refractivity contribution < 1.29 is 9.90 Å². The molecule has 4 rings (SSSR count). The van der Waals surface area contributed by atoms with Gasteiger partial charge in [-0.3, -0.25) is 5.10 Å². The molecule has 0 aliphatic carbocycles.